The number of aryl methyl sites for hydroxylation is 1. The van der Waals surface area contributed by atoms with E-state index >= 15 is 0 Å². The van der Waals surface area contributed by atoms with Crippen molar-refractivity contribution in [3.63, 3.8) is 0 Å². The summed E-state index contributed by atoms with van der Waals surface area (Å²) in [5, 5.41) is 7.14. The summed E-state index contributed by atoms with van der Waals surface area (Å²) in [6, 6.07) is 9.85. The van der Waals surface area contributed by atoms with Crippen LogP contribution in [-0.2, 0) is 0 Å². The van der Waals surface area contributed by atoms with Gasteiger partial charge in [0.1, 0.15) is 0 Å². The summed E-state index contributed by atoms with van der Waals surface area (Å²) < 4.78 is 0. The number of piperidine rings is 1. The van der Waals surface area contributed by atoms with Gasteiger partial charge in [-0.05, 0) is 38.8 Å². The van der Waals surface area contributed by atoms with Crippen molar-refractivity contribution in [1.82, 2.24) is 10.6 Å². The van der Waals surface area contributed by atoms with Crippen LogP contribution in [0.2, 0.25) is 0 Å². The van der Waals surface area contributed by atoms with Gasteiger partial charge in [-0.15, -0.1) is 0 Å². The maximum atomic E-state index is 3.70. The van der Waals surface area contributed by atoms with Gasteiger partial charge in [0.2, 0.25) is 0 Å². The zero-order valence-electron chi connectivity index (χ0n) is 10.3. The van der Waals surface area contributed by atoms with Crippen molar-refractivity contribution in [3.8, 4) is 0 Å². The highest BCUT2D eigenvalue weighted by molar-refractivity contribution is 5.24. The van der Waals surface area contributed by atoms with Gasteiger partial charge in [-0.25, -0.2) is 0 Å². The largest absolute Gasteiger partial charge is 0.315 e. The fourth-order valence-corrected chi connectivity index (χ4v) is 2.38. The van der Waals surface area contributed by atoms with Gasteiger partial charge in [0, 0.05) is 18.6 Å². The smallest absolute Gasteiger partial charge is 0.0294 e. The second-order valence-corrected chi connectivity index (χ2v) is 4.85. The standard InChI is InChI=1S/C14H22N2/c1-11-5-3-6-13(9-11)12(2)16-14-7-4-8-15-10-14/h3,5-6,9,12,14-16H,4,7-8,10H2,1-2H3/t12-,14?/m0/s1. The van der Waals surface area contributed by atoms with Crippen molar-refractivity contribution >= 4 is 0 Å². The van der Waals surface area contributed by atoms with E-state index in [0.29, 0.717) is 12.1 Å². The Morgan fingerprint density at radius 2 is 2.31 bits per heavy atom. The molecule has 16 heavy (non-hydrogen) atoms. The molecule has 2 N–H and O–H groups in total. The highest BCUT2D eigenvalue weighted by Crippen LogP contribution is 2.15. The normalized spacial score (nSPS) is 23.0. The Balaban J connectivity index is 1.94. The van der Waals surface area contributed by atoms with Crippen LogP contribution < -0.4 is 10.6 Å². The molecule has 1 saturated heterocycles. The number of hydrogen-bond acceptors (Lipinski definition) is 2. The molecule has 1 aliphatic rings. The van der Waals surface area contributed by atoms with E-state index < -0.39 is 0 Å². The highest BCUT2D eigenvalue weighted by Gasteiger charge is 2.15. The lowest BCUT2D eigenvalue weighted by molar-refractivity contribution is 0.362. The maximum Gasteiger partial charge on any atom is 0.0294 e. The van der Waals surface area contributed by atoms with Crippen molar-refractivity contribution in [1.29, 1.82) is 0 Å². The second kappa shape index (κ2) is 5.46. The minimum Gasteiger partial charge on any atom is -0.315 e. The van der Waals surface area contributed by atoms with Crippen LogP contribution in [0.5, 0.6) is 0 Å². The molecule has 1 unspecified atom stereocenters. The van der Waals surface area contributed by atoms with E-state index in [1.807, 2.05) is 0 Å². The quantitative estimate of drug-likeness (QED) is 0.814. The molecule has 2 heteroatoms. The molecule has 2 rings (SSSR count). The number of hydrogen-bond donors (Lipinski definition) is 2. The molecule has 0 saturated carbocycles. The number of nitrogens with one attached hydrogen (secondary N) is 2. The van der Waals surface area contributed by atoms with Crippen molar-refractivity contribution in [3.05, 3.63) is 35.4 Å². The zero-order chi connectivity index (χ0) is 11.4. The summed E-state index contributed by atoms with van der Waals surface area (Å²) in [4.78, 5) is 0. The minimum absolute atomic E-state index is 0.449. The van der Waals surface area contributed by atoms with Crippen LogP contribution in [0.3, 0.4) is 0 Å². The van der Waals surface area contributed by atoms with Crippen LogP contribution in [0.15, 0.2) is 24.3 Å². The molecule has 0 amide bonds. The van der Waals surface area contributed by atoms with E-state index in [9.17, 15) is 0 Å². The van der Waals surface area contributed by atoms with Gasteiger partial charge in [0.15, 0.2) is 0 Å². The Bertz CT molecular complexity index is 329. The molecule has 2 nitrogen and oxygen atoms in total. The molecule has 88 valence electrons. The van der Waals surface area contributed by atoms with Crippen molar-refractivity contribution in [2.75, 3.05) is 13.1 Å². The van der Waals surface area contributed by atoms with Crippen LogP contribution in [0.25, 0.3) is 0 Å². The molecule has 0 spiro atoms. The van der Waals surface area contributed by atoms with Crippen molar-refractivity contribution in [2.45, 2.75) is 38.8 Å². The van der Waals surface area contributed by atoms with E-state index in [2.05, 4.69) is 48.7 Å². The fraction of sp³-hybridized carbons (Fsp3) is 0.571. The first-order valence-electron chi connectivity index (χ1n) is 6.29. The van der Waals surface area contributed by atoms with Crippen LogP contribution in [-0.4, -0.2) is 19.1 Å². The van der Waals surface area contributed by atoms with E-state index in [4.69, 9.17) is 0 Å². The Morgan fingerprint density at radius 3 is 3.00 bits per heavy atom. The third-order valence-corrected chi connectivity index (χ3v) is 3.32. The Hall–Kier alpha value is -0.860. The molecule has 1 fully saturated rings. The molecule has 1 aromatic rings. The summed E-state index contributed by atoms with van der Waals surface area (Å²) in [6.45, 7) is 6.69. The monoisotopic (exact) mass is 218 g/mol. The van der Waals surface area contributed by atoms with Crippen LogP contribution in [0.1, 0.15) is 36.9 Å². The summed E-state index contributed by atoms with van der Waals surface area (Å²) in [5.74, 6) is 0. The van der Waals surface area contributed by atoms with E-state index in [1.54, 1.807) is 0 Å². The maximum absolute atomic E-state index is 3.70. The molecule has 1 aromatic carbocycles. The fourth-order valence-electron chi connectivity index (χ4n) is 2.38. The Kier molecular flexibility index (Phi) is 3.97. The van der Waals surface area contributed by atoms with Gasteiger partial charge in [0.25, 0.3) is 0 Å². The van der Waals surface area contributed by atoms with E-state index in [1.165, 1.54) is 30.5 Å². The molecular formula is C14H22N2. The van der Waals surface area contributed by atoms with Gasteiger partial charge < -0.3 is 10.6 Å². The summed E-state index contributed by atoms with van der Waals surface area (Å²) in [6.07, 6.45) is 2.58. The number of rotatable bonds is 3. The predicted octanol–water partition coefficient (Wildman–Crippen LogP) is 2.40. The SMILES string of the molecule is Cc1cccc([C@H](C)NC2CCCNC2)c1. The molecule has 2 atom stereocenters. The van der Waals surface area contributed by atoms with Gasteiger partial charge in [0.05, 0.1) is 0 Å². The lowest BCUT2D eigenvalue weighted by Gasteiger charge is -2.27. The molecule has 0 bridgehead atoms. The summed E-state index contributed by atoms with van der Waals surface area (Å²) in [7, 11) is 0. The second-order valence-electron chi connectivity index (χ2n) is 4.85. The van der Waals surface area contributed by atoms with Crippen LogP contribution in [0.4, 0.5) is 0 Å². The van der Waals surface area contributed by atoms with E-state index in [0.717, 1.165) is 6.54 Å². The zero-order valence-corrected chi connectivity index (χ0v) is 10.3. The molecule has 1 heterocycles. The van der Waals surface area contributed by atoms with Crippen molar-refractivity contribution < 1.29 is 0 Å². The average molecular weight is 218 g/mol. The third-order valence-electron chi connectivity index (χ3n) is 3.32. The topological polar surface area (TPSA) is 24.1 Å². The molecule has 0 aliphatic carbocycles. The molecule has 1 aliphatic heterocycles. The first kappa shape index (κ1) is 11.6. The Labute approximate surface area is 98.4 Å². The van der Waals surface area contributed by atoms with E-state index in [-0.39, 0.29) is 0 Å². The van der Waals surface area contributed by atoms with Crippen LogP contribution >= 0.6 is 0 Å². The Morgan fingerprint density at radius 1 is 1.44 bits per heavy atom. The predicted molar refractivity (Wildman–Crippen MR) is 68.6 cm³/mol. The molecular weight excluding hydrogens is 196 g/mol. The van der Waals surface area contributed by atoms with Crippen molar-refractivity contribution in [2.24, 2.45) is 0 Å². The minimum atomic E-state index is 0.449. The first-order chi connectivity index (χ1) is 7.75. The third kappa shape index (κ3) is 3.06. The average Bonchev–Trinajstić information content (AvgIpc) is 2.30. The van der Waals surface area contributed by atoms with Gasteiger partial charge in [-0.2, -0.15) is 0 Å². The lowest BCUT2D eigenvalue weighted by atomic mass is 10.0. The molecule has 0 radical (unpaired) electrons. The van der Waals surface area contributed by atoms with Gasteiger partial charge in [-0.1, -0.05) is 29.8 Å². The molecule has 0 aromatic heterocycles. The summed E-state index contributed by atoms with van der Waals surface area (Å²) >= 11 is 0. The highest BCUT2D eigenvalue weighted by atomic mass is 15.0. The number of benzene rings is 1. The van der Waals surface area contributed by atoms with Gasteiger partial charge in [-0.3, -0.25) is 0 Å². The van der Waals surface area contributed by atoms with Crippen LogP contribution in [0, 0.1) is 6.92 Å². The first-order valence-corrected chi connectivity index (χ1v) is 6.29. The summed E-state index contributed by atoms with van der Waals surface area (Å²) in [5.41, 5.74) is 2.73. The van der Waals surface area contributed by atoms with Gasteiger partial charge >= 0.3 is 0 Å². The lowest BCUT2D eigenvalue weighted by Crippen LogP contribution is -2.43.